The van der Waals surface area contributed by atoms with Crippen molar-refractivity contribution in [1.82, 2.24) is 4.98 Å². The molecule has 3 nitrogen and oxygen atoms in total. The molecule has 4 rings (SSSR count). The molecule has 0 unspecified atom stereocenters. The van der Waals surface area contributed by atoms with Crippen LogP contribution < -0.4 is 0 Å². The Kier molecular flexibility index (Phi) is 5.59. The third-order valence-corrected chi connectivity index (χ3v) is 5.16. The molecule has 0 bridgehead atoms. The van der Waals surface area contributed by atoms with Gasteiger partial charge in [-0.1, -0.05) is 102 Å². The maximum absolute atomic E-state index is 4.88. The number of aromatic nitrogens is 1. The van der Waals surface area contributed by atoms with Crippen LogP contribution in [0.5, 0.6) is 0 Å². The molecule has 0 spiro atoms. The number of aliphatic imine (C=N–C) groups is 2. The fourth-order valence-corrected chi connectivity index (χ4v) is 3.81. The van der Waals surface area contributed by atoms with Crippen molar-refractivity contribution in [3.63, 3.8) is 0 Å². The van der Waals surface area contributed by atoms with Gasteiger partial charge in [0.2, 0.25) is 0 Å². The lowest BCUT2D eigenvalue weighted by Gasteiger charge is -2.01. The summed E-state index contributed by atoms with van der Waals surface area (Å²) >= 11 is 6.38. The minimum absolute atomic E-state index is 0.524. The number of nitrogens with zero attached hydrogens (tertiary/aromatic N) is 3. The van der Waals surface area contributed by atoms with E-state index in [1.165, 1.54) is 11.3 Å². The van der Waals surface area contributed by atoms with Crippen LogP contribution in [0.4, 0.5) is 5.00 Å². The topological polar surface area (TPSA) is 37.6 Å². The molecule has 0 atom stereocenters. The lowest BCUT2D eigenvalue weighted by molar-refractivity contribution is 1.38. The van der Waals surface area contributed by atoms with E-state index < -0.39 is 0 Å². The first-order valence-corrected chi connectivity index (χ1v) is 9.91. The summed E-state index contributed by atoms with van der Waals surface area (Å²) in [6.07, 6.45) is 0. The largest absolute Gasteiger partial charge is 0.234 e. The quantitative estimate of drug-likeness (QED) is 0.219. The van der Waals surface area contributed by atoms with E-state index in [4.69, 9.17) is 22.2 Å². The van der Waals surface area contributed by atoms with Gasteiger partial charge >= 0.3 is 0 Å². The molecule has 0 fully saturated rings. The molecule has 1 aromatic heterocycles. The molecule has 0 aliphatic heterocycles. The first-order chi connectivity index (χ1) is 13.8. The summed E-state index contributed by atoms with van der Waals surface area (Å²) in [6, 6.07) is 29.9. The number of benzene rings is 3. The molecule has 3 aromatic carbocycles. The van der Waals surface area contributed by atoms with E-state index in [2.05, 4.69) is 10.2 Å². The maximum Gasteiger partial charge on any atom is 0.171 e. The molecule has 0 aliphatic rings. The summed E-state index contributed by atoms with van der Waals surface area (Å²) in [7, 11) is 0. The number of isothiocyanates is 1. The Morgan fingerprint density at radius 3 is 1.96 bits per heavy atom. The molecular formula is C23H15N3S2. The fourth-order valence-electron chi connectivity index (χ4n) is 2.76. The molecule has 4 aromatic rings. The van der Waals surface area contributed by atoms with Crippen molar-refractivity contribution in [2.75, 3.05) is 0 Å². The maximum atomic E-state index is 4.88. The van der Waals surface area contributed by atoms with Crippen LogP contribution in [0.3, 0.4) is 0 Å². The molecule has 0 aliphatic carbocycles. The summed E-state index contributed by atoms with van der Waals surface area (Å²) in [5.41, 5.74) is 3.79. The molecule has 5 heteroatoms. The lowest BCUT2D eigenvalue weighted by atomic mass is 10.1. The van der Waals surface area contributed by atoms with Gasteiger partial charge < -0.3 is 0 Å². The molecule has 28 heavy (non-hydrogen) atoms. The van der Waals surface area contributed by atoms with E-state index >= 15 is 0 Å². The van der Waals surface area contributed by atoms with Crippen molar-refractivity contribution in [1.29, 1.82) is 0 Å². The summed E-state index contributed by atoms with van der Waals surface area (Å²) < 4.78 is 0. The fraction of sp³-hybridized carbons (Fsp3) is 0. The second-order valence-electron chi connectivity index (χ2n) is 5.91. The molecule has 134 valence electrons. The van der Waals surface area contributed by atoms with Crippen molar-refractivity contribution in [3.05, 3.63) is 96.6 Å². The number of thiazole rings is 1. The minimum Gasteiger partial charge on any atom is -0.234 e. The van der Waals surface area contributed by atoms with Gasteiger partial charge in [0.1, 0.15) is 15.7 Å². The molecule has 0 N–H and O–H groups in total. The van der Waals surface area contributed by atoms with Gasteiger partial charge in [-0.3, -0.25) is 0 Å². The normalized spacial score (nSPS) is 11.1. The summed E-state index contributed by atoms with van der Waals surface area (Å²) in [6.45, 7) is 0. The van der Waals surface area contributed by atoms with Gasteiger partial charge in [-0.15, -0.1) is 0 Å². The molecule has 0 amide bonds. The van der Waals surface area contributed by atoms with Crippen molar-refractivity contribution in [2.45, 2.75) is 0 Å². The third-order valence-electron chi connectivity index (χ3n) is 4.07. The highest BCUT2D eigenvalue weighted by Gasteiger charge is 2.15. The monoisotopic (exact) mass is 397 g/mol. The van der Waals surface area contributed by atoms with Gasteiger partial charge in [0, 0.05) is 16.7 Å². The Morgan fingerprint density at radius 2 is 1.36 bits per heavy atom. The van der Waals surface area contributed by atoms with Crippen molar-refractivity contribution < 1.29 is 0 Å². The Hall–Kier alpha value is -3.24. The number of thiocarbonyl (C=S) groups is 1. The third kappa shape index (κ3) is 4.02. The highest BCUT2D eigenvalue weighted by Crippen LogP contribution is 2.40. The predicted molar refractivity (Wildman–Crippen MR) is 121 cm³/mol. The highest BCUT2D eigenvalue weighted by atomic mass is 32.1. The van der Waals surface area contributed by atoms with Gasteiger partial charge in [-0.25, -0.2) is 9.98 Å². The smallest absolute Gasteiger partial charge is 0.171 e. The van der Waals surface area contributed by atoms with Crippen LogP contribution in [0.25, 0.3) is 21.8 Å². The van der Waals surface area contributed by atoms with Crippen LogP contribution in [0.1, 0.15) is 5.56 Å². The summed E-state index contributed by atoms with van der Waals surface area (Å²) in [5, 5.41) is 4.15. The van der Waals surface area contributed by atoms with Crippen LogP contribution >= 0.6 is 23.6 Å². The van der Waals surface area contributed by atoms with Crippen LogP contribution in [0, 0.1) is 0 Å². The average molecular weight is 398 g/mol. The molecular weight excluding hydrogens is 382 g/mol. The highest BCUT2D eigenvalue weighted by molar-refractivity contribution is 7.78. The van der Waals surface area contributed by atoms with Crippen molar-refractivity contribution >= 4 is 39.6 Å². The first kappa shape index (κ1) is 18.1. The van der Waals surface area contributed by atoms with E-state index in [-0.39, 0.29) is 0 Å². The van der Waals surface area contributed by atoms with E-state index in [1.54, 1.807) is 0 Å². The van der Waals surface area contributed by atoms with Gasteiger partial charge in [0.25, 0.3) is 0 Å². The Bertz CT molecular complexity index is 1140. The van der Waals surface area contributed by atoms with Crippen molar-refractivity contribution in [2.24, 2.45) is 9.98 Å². The Labute approximate surface area is 172 Å². The minimum atomic E-state index is 0.524. The summed E-state index contributed by atoms with van der Waals surface area (Å²) in [5.74, 6) is 0.524. The van der Waals surface area contributed by atoms with Gasteiger partial charge in [-0.05, 0) is 12.2 Å². The molecule has 0 saturated carbocycles. The zero-order chi connectivity index (χ0) is 19.2. The van der Waals surface area contributed by atoms with Gasteiger partial charge in [0.15, 0.2) is 5.84 Å². The summed E-state index contributed by atoms with van der Waals surface area (Å²) in [4.78, 5) is 13.9. The standard InChI is InChI=1S/C23H15N3S2/c27-16-24-21(18-12-6-2-7-13-18)26-23-20(17-10-4-1-5-11-17)25-22(28-23)19-14-8-3-9-15-19/h1-15H/b26-21+. The molecule has 0 radical (unpaired) electrons. The molecule has 1 heterocycles. The van der Waals surface area contributed by atoms with Crippen LogP contribution in [-0.4, -0.2) is 16.0 Å². The number of amidine groups is 1. The lowest BCUT2D eigenvalue weighted by Crippen LogP contribution is -1.95. The SMILES string of the molecule is S=C=N/C(=N/c1sc(-c2ccccc2)nc1-c1ccccc1)c1ccccc1. The molecule has 0 saturated heterocycles. The van der Waals surface area contributed by atoms with E-state index in [1.807, 2.05) is 91.0 Å². The Balaban J connectivity index is 1.89. The second-order valence-corrected chi connectivity index (χ2v) is 7.07. The van der Waals surface area contributed by atoms with Crippen LogP contribution in [0.2, 0.25) is 0 Å². The first-order valence-electron chi connectivity index (χ1n) is 8.69. The van der Waals surface area contributed by atoms with Gasteiger partial charge in [0.05, 0.1) is 5.16 Å². The van der Waals surface area contributed by atoms with Crippen LogP contribution in [-0.2, 0) is 0 Å². The van der Waals surface area contributed by atoms with Gasteiger partial charge in [-0.2, -0.15) is 4.99 Å². The second kappa shape index (κ2) is 8.63. The van der Waals surface area contributed by atoms with E-state index in [0.29, 0.717) is 5.84 Å². The predicted octanol–water partition coefficient (Wildman–Crippen LogP) is 6.66. The number of hydrogen-bond donors (Lipinski definition) is 0. The zero-order valence-corrected chi connectivity index (χ0v) is 16.5. The van der Waals surface area contributed by atoms with E-state index in [0.717, 1.165) is 32.4 Å². The number of hydrogen-bond acceptors (Lipinski definition) is 4. The van der Waals surface area contributed by atoms with E-state index in [9.17, 15) is 0 Å². The zero-order valence-electron chi connectivity index (χ0n) is 14.8. The average Bonchev–Trinajstić information content (AvgIpc) is 3.19. The van der Waals surface area contributed by atoms with Crippen molar-refractivity contribution in [3.8, 4) is 21.8 Å². The van der Waals surface area contributed by atoms with Crippen LogP contribution in [0.15, 0.2) is 101 Å². The number of rotatable bonds is 4. The Morgan fingerprint density at radius 1 is 0.786 bits per heavy atom.